The van der Waals surface area contributed by atoms with Gasteiger partial charge >= 0.3 is 0 Å². The molecule has 1 atom stereocenters. The molecule has 2 aromatic carbocycles. The monoisotopic (exact) mass is 422 g/mol. The molecule has 0 aliphatic carbocycles. The number of rotatable bonds is 8. The molecule has 0 saturated carbocycles. The second kappa shape index (κ2) is 9.25. The number of ketones is 1. The number of aliphatic hydroxyl groups is 1. The van der Waals surface area contributed by atoms with Crippen molar-refractivity contribution in [2.75, 3.05) is 26.1 Å². The molecule has 1 aliphatic heterocycles. The molecule has 2 aromatic rings. The van der Waals surface area contributed by atoms with Crippen molar-refractivity contribution >= 4 is 17.4 Å². The summed E-state index contributed by atoms with van der Waals surface area (Å²) in [6.07, 6.45) is 0.265. The van der Waals surface area contributed by atoms with Crippen molar-refractivity contribution in [2.45, 2.75) is 32.9 Å². The summed E-state index contributed by atoms with van der Waals surface area (Å²) in [6, 6.07) is 14.5. The summed E-state index contributed by atoms with van der Waals surface area (Å²) < 4.78 is 5.44. The zero-order valence-electron chi connectivity index (χ0n) is 18.8. The van der Waals surface area contributed by atoms with E-state index < -0.39 is 17.7 Å². The summed E-state index contributed by atoms with van der Waals surface area (Å²) in [5.41, 5.74) is 2.77. The van der Waals surface area contributed by atoms with Crippen molar-refractivity contribution in [2.24, 2.45) is 5.92 Å². The lowest BCUT2D eigenvalue weighted by molar-refractivity contribution is -0.130. The number of aliphatic hydroxyl groups excluding tert-OH is 1. The van der Waals surface area contributed by atoms with Gasteiger partial charge in [0.15, 0.2) is 11.5 Å². The van der Waals surface area contributed by atoms with Gasteiger partial charge in [-0.05, 0) is 29.7 Å². The number of benzene rings is 2. The molecule has 31 heavy (non-hydrogen) atoms. The quantitative estimate of drug-likeness (QED) is 0.688. The summed E-state index contributed by atoms with van der Waals surface area (Å²) in [5.74, 6) is -0.437. The highest BCUT2D eigenvalue weighted by Crippen LogP contribution is 2.40. The first-order valence-corrected chi connectivity index (χ1v) is 10.4. The van der Waals surface area contributed by atoms with Gasteiger partial charge in [0.25, 0.3) is 5.91 Å². The number of anilines is 1. The van der Waals surface area contributed by atoms with E-state index in [9.17, 15) is 14.7 Å². The van der Waals surface area contributed by atoms with Crippen LogP contribution in [0, 0.1) is 5.92 Å². The van der Waals surface area contributed by atoms with Gasteiger partial charge in [0.05, 0.1) is 25.3 Å². The number of hydrogen-bond donors (Lipinski definition) is 1. The molecule has 1 unspecified atom stereocenters. The summed E-state index contributed by atoms with van der Waals surface area (Å²) in [5, 5.41) is 10.7. The summed E-state index contributed by atoms with van der Waals surface area (Å²) in [7, 11) is 5.48. The van der Waals surface area contributed by atoms with Crippen molar-refractivity contribution in [3.8, 4) is 5.75 Å². The van der Waals surface area contributed by atoms with Crippen LogP contribution in [0.3, 0.4) is 0 Å². The fourth-order valence-electron chi connectivity index (χ4n) is 3.90. The predicted molar refractivity (Wildman–Crippen MR) is 121 cm³/mol. The minimum Gasteiger partial charge on any atom is -0.503 e. The molecule has 0 spiro atoms. The van der Waals surface area contributed by atoms with Gasteiger partial charge in [0.2, 0.25) is 0 Å². The average Bonchev–Trinajstić information content (AvgIpc) is 2.98. The number of para-hydroxylation sites is 1. The zero-order valence-corrected chi connectivity index (χ0v) is 18.8. The van der Waals surface area contributed by atoms with Crippen LogP contribution in [0.5, 0.6) is 5.75 Å². The van der Waals surface area contributed by atoms with Crippen molar-refractivity contribution in [1.29, 1.82) is 0 Å². The van der Waals surface area contributed by atoms with Crippen molar-refractivity contribution < 1.29 is 19.4 Å². The van der Waals surface area contributed by atoms with E-state index in [1.807, 2.05) is 81.4 Å². The number of carbonyl (C=O) groups is 2. The van der Waals surface area contributed by atoms with Gasteiger partial charge in [0.1, 0.15) is 5.75 Å². The van der Waals surface area contributed by atoms with E-state index >= 15 is 0 Å². The molecule has 1 N–H and O–H groups in total. The van der Waals surface area contributed by atoms with Crippen LogP contribution < -0.4 is 9.64 Å². The Morgan fingerprint density at radius 2 is 1.77 bits per heavy atom. The van der Waals surface area contributed by atoms with E-state index in [4.69, 9.17) is 4.74 Å². The van der Waals surface area contributed by atoms with Crippen LogP contribution in [0.15, 0.2) is 59.9 Å². The molecule has 6 heteroatoms. The van der Waals surface area contributed by atoms with Crippen LogP contribution in [0.2, 0.25) is 0 Å². The third-order valence-corrected chi connectivity index (χ3v) is 5.46. The first-order valence-electron chi connectivity index (χ1n) is 10.4. The van der Waals surface area contributed by atoms with Crippen molar-refractivity contribution in [3.63, 3.8) is 0 Å². The third kappa shape index (κ3) is 4.58. The Bertz CT molecular complexity index is 993. The molecule has 0 aromatic heterocycles. The van der Waals surface area contributed by atoms with Crippen LogP contribution in [-0.4, -0.2) is 42.9 Å². The molecule has 1 amide bonds. The highest BCUT2D eigenvalue weighted by Gasteiger charge is 2.43. The van der Waals surface area contributed by atoms with Crippen LogP contribution in [0.25, 0.3) is 0 Å². The molecule has 0 fully saturated rings. The van der Waals surface area contributed by atoms with E-state index in [0.29, 0.717) is 5.75 Å². The molecule has 6 nitrogen and oxygen atoms in total. The van der Waals surface area contributed by atoms with Crippen LogP contribution >= 0.6 is 0 Å². The summed E-state index contributed by atoms with van der Waals surface area (Å²) >= 11 is 0. The normalized spacial score (nSPS) is 16.3. The Labute approximate surface area is 183 Å². The number of carbonyl (C=O) groups excluding carboxylic acids is 2. The van der Waals surface area contributed by atoms with Gasteiger partial charge < -0.3 is 19.6 Å². The van der Waals surface area contributed by atoms with Gasteiger partial charge in [-0.2, -0.15) is 0 Å². The number of methoxy groups -OCH3 is 1. The van der Waals surface area contributed by atoms with E-state index in [1.165, 1.54) is 0 Å². The largest absolute Gasteiger partial charge is 0.503 e. The van der Waals surface area contributed by atoms with Gasteiger partial charge in [-0.15, -0.1) is 0 Å². The van der Waals surface area contributed by atoms with E-state index in [0.717, 1.165) is 16.8 Å². The maximum Gasteiger partial charge on any atom is 0.290 e. The van der Waals surface area contributed by atoms with Crippen LogP contribution in [0.4, 0.5) is 5.69 Å². The van der Waals surface area contributed by atoms with Gasteiger partial charge in [-0.1, -0.05) is 44.2 Å². The van der Waals surface area contributed by atoms with Gasteiger partial charge in [-0.25, -0.2) is 0 Å². The lowest BCUT2D eigenvalue weighted by Crippen LogP contribution is -2.31. The Hall–Kier alpha value is -3.28. The molecule has 0 bridgehead atoms. The third-order valence-electron chi connectivity index (χ3n) is 5.46. The molecular weight excluding hydrogens is 392 g/mol. The second-order valence-electron chi connectivity index (χ2n) is 8.42. The standard InChI is InChI=1S/C25H30N2O4/c1-16(2)14-20(28)22-23(17-10-12-19(13-11-17)26(3)4)27(25(30)24(22)29)15-18-8-6-7-9-21(18)31-5/h6-13,16,23,29H,14-15H2,1-5H3. The minimum atomic E-state index is -0.653. The van der Waals surface area contributed by atoms with Gasteiger partial charge in [0, 0.05) is 31.8 Å². The molecule has 1 heterocycles. The minimum absolute atomic E-state index is 0.114. The summed E-state index contributed by atoms with van der Waals surface area (Å²) in [6.45, 7) is 4.10. The topological polar surface area (TPSA) is 70.1 Å². The Morgan fingerprint density at radius 1 is 1.13 bits per heavy atom. The van der Waals surface area contributed by atoms with Crippen molar-refractivity contribution in [3.05, 3.63) is 71.0 Å². The number of nitrogens with zero attached hydrogens (tertiary/aromatic N) is 2. The van der Waals surface area contributed by atoms with Crippen LogP contribution in [-0.2, 0) is 16.1 Å². The summed E-state index contributed by atoms with van der Waals surface area (Å²) in [4.78, 5) is 29.7. The number of Topliss-reactive ketones (excluding diaryl/α,β-unsaturated/α-hetero) is 1. The maximum absolute atomic E-state index is 13.1. The number of amides is 1. The molecule has 164 valence electrons. The zero-order chi connectivity index (χ0) is 22.7. The Balaban J connectivity index is 2.06. The molecule has 0 saturated heterocycles. The van der Waals surface area contributed by atoms with E-state index in [2.05, 4.69) is 0 Å². The number of hydrogen-bond acceptors (Lipinski definition) is 5. The lowest BCUT2D eigenvalue weighted by Gasteiger charge is -2.28. The fraction of sp³-hybridized carbons (Fsp3) is 0.360. The molecular formula is C25H30N2O4. The SMILES string of the molecule is COc1ccccc1CN1C(=O)C(O)=C(C(=O)CC(C)C)C1c1ccc(N(C)C)cc1. The lowest BCUT2D eigenvalue weighted by atomic mass is 9.92. The average molecular weight is 423 g/mol. The Kier molecular flexibility index (Phi) is 6.68. The highest BCUT2D eigenvalue weighted by atomic mass is 16.5. The number of ether oxygens (including phenoxy) is 1. The Morgan fingerprint density at radius 3 is 2.35 bits per heavy atom. The highest BCUT2D eigenvalue weighted by molar-refractivity contribution is 6.09. The predicted octanol–water partition coefficient (Wildman–Crippen LogP) is 4.27. The maximum atomic E-state index is 13.1. The van der Waals surface area contributed by atoms with E-state index in [-0.39, 0.29) is 30.2 Å². The molecule has 1 aliphatic rings. The fourth-order valence-corrected chi connectivity index (χ4v) is 3.90. The van der Waals surface area contributed by atoms with Crippen LogP contribution in [0.1, 0.15) is 37.4 Å². The molecule has 0 radical (unpaired) electrons. The first kappa shape index (κ1) is 22.4. The van der Waals surface area contributed by atoms with Crippen molar-refractivity contribution in [1.82, 2.24) is 4.90 Å². The smallest absolute Gasteiger partial charge is 0.290 e. The van der Waals surface area contributed by atoms with E-state index in [1.54, 1.807) is 12.0 Å². The molecule has 3 rings (SSSR count). The second-order valence-corrected chi connectivity index (χ2v) is 8.42. The van der Waals surface area contributed by atoms with Gasteiger partial charge in [-0.3, -0.25) is 9.59 Å². The first-order chi connectivity index (χ1) is 14.7.